The maximum atomic E-state index is 11.8. The van der Waals surface area contributed by atoms with Crippen molar-refractivity contribution in [2.45, 2.75) is 36.8 Å². The summed E-state index contributed by atoms with van der Waals surface area (Å²) in [7, 11) is -2.67. The Morgan fingerprint density at radius 1 is 1.11 bits per heavy atom. The van der Waals surface area contributed by atoms with Gasteiger partial charge < -0.3 is 21.9 Å². The molecular weight excluding hydrogens is 362 g/mol. The zero-order valence-corrected chi connectivity index (χ0v) is 16.3. The number of nitrogens with two attached hydrogens (primary N) is 3. The predicted molar refractivity (Wildman–Crippen MR) is 108 cm³/mol. The lowest BCUT2D eigenvalue weighted by Crippen LogP contribution is -2.34. The molecule has 0 aromatic heterocycles. The van der Waals surface area contributed by atoms with Crippen molar-refractivity contribution in [2.75, 3.05) is 6.61 Å². The van der Waals surface area contributed by atoms with Crippen LogP contribution in [0.25, 0.3) is 0 Å². The number of hydrogen-bond acceptors (Lipinski definition) is 6. The van der Waals surface area contributed by atoms with Crippen molar-refractivity contribution in [3.05, 3.63) is 77.8 Å². The Labute approximate surface area is 162 Å². The van der Waals surface area contributed by atoms with E-state index in [1.165, 1.54) is 6.54 Å². The van der Waals surface area contributed by atoms with E-state index in [-0.39, 0.29) is 6.61 Å². The molecule has 0 spiro atoms. The molecule has 0 heterocycles. The minimum atomic E-state index is -2.67. The van der Waals surface area contributed by atoms with Crippen molar-refractivity contribution < 1.29 is 13.2 Å². The number of hydrogen-bond donors (Lipinski definition) is 4. The first-order valence-electron chi connectivity index (χ1n) is 8.78. The van der Waals surface area contributed by atoms with E-state index >= 15 is 0 Å². The third-order valence-corrected chi connectivity index (χ3v) is 5.61. The second kappa shape index (κ2) is 9.96. The SMILES string of the molecule is CC([CH]N)(CC(COCc1ccccc1)[SH](=O)=O)c1cccc(C(N)N)c1. The Kier molecular flexibility index (Phi) is 7.94. The van der Waals surface area contributed by atoms with Gasteiger partial charge >= 0.3 is 0 Å². The largest absolute Gasteiger partial charge is 0.375 e. The van der Waals surface area contributed by atoms with Crippen molar-refractivity contribution in [2.24, 2.45) is 17.2 Å². The summed E-state index contributed by atoms with van der Waals surface area (Å²) in [6, 6.07) is 17.1. The fourth-order valence-electron chi connectivity index (χ4n) is 2.95. The average molecular weight is 391 g/mol. The van der Waals surface area contributed by atoms with Gasteiger partial charge in [-0.2, -0.15) is 0 Å². The smallest absolute Gasteiger partial charge is 0.145 e. The second-order valence-electron chi connectivity index (χ2n) is 6.88. The van der Waals surface area contributed by atoms with Gasteiger partial charge in [0.25, 0.3) is 0 Å². The Hall–Kier alpha value is -1.77. The van der Waals surface area contributed by atoms with E-state index in [0.717, 1.165) is 16.7 Å². The molecule has 0 aliphatic heterocycles. The molecule has 2 rings (SSSR count). The van der Waals surface area contributed by atoms with Crippen LogP contribution in [0, 0.1) is 6.54 Å². The summed E-state index contributed by atoms with van der Waals surface area (Å²) >= 11 is 0. The Balaban J connectivity index is 2.10. The molecule has 0 saturated carbocycles. The van der Waals surface area contributed by atoms with E-state index in [2.05, 4.69) is 0 Å². The van der Waals surface area contributed by atoms with Crippen LogP contribution in [0.1, 0.15) is 36.2 Å². The first kappa shape index (κ1) is 21.5. The van der Waals surface area contributed by atoms with Gasteiger partial charge in [0.15, 0.2) is 0 Å². The molecule has 7 heteroatoms. The second-order valence-corrected chi connectivity index (χ2v) is 8.18. The molecule has 2 aromatic carbocycles. The van der Waals surface area contributed by atoms with Crippen LogP contribution in [0.4, 0.5) is 0 Å². The zero-order valence-electron chi connectivity index (χ0n) is 15.5. The van der Waals surface area contributed by atoms with Crippen LogP contribution in [0.15, 0.2) is 54.6 Å². The summed E-state index contributed by atoms with van der Waals surface area (Å²) in [4.78, 5) is 0. The normalized spacial score (nSPS) is 15.0. The number of thiol groups is 1. The van der Waals surface area contributed by atoms with Crippen LogP contribution in [0.5, 0.6) is 0 Å². The average Bonchev–Trinajstić information content (AvgIpc) is 2.67. The molecule has 2 aromatic rings. The molecule has 0 bridgehead atoms. The van der Waals surface area contributed by atoms with Gasteiger partial charge in [0, 0.05) is 12.0 Å². The van der Waals surface area contributed by atoms with Crippen molar-refractivity contribution in [1.29, 1.82) is 0 Å². The molecule has 0 aliphatic carbocycles. The summed E-state index contributed by atoms with van der Waals surface area (Å²) < 4.78 is 29.3. The van der Waals surface area contributed by atoms with Crippen molar-refractivity contribution in [3.63, 3.8) is 0 Å². The quantitative estimate of drug-likeness (QED) is 0.361. The molecule has 0 amide bonds. The van der Waals surface area contributed by atoms with Crippen molar-refractivity contribution >= 4 is 10.7 Å². The van der Waals surface area contributed by atoms with Crippen LogP contribution < -0.4 is 17.2 Å². The summed E-state index contributed by atoms with van der Waals surface area (Å²) in [6.07, 6.45) is -0.298. The van der Waals surface area contributed by atoms with E-state index in [1.54, 1.807) is 0 Å². The van der Waals surface area contributed by atoms with Crippen LogP contribution in [0.3, 0.4) is 0 Å². The van der Waals surface area contributed by atoms with Crippen LogP contribution >= 0.6 is 0 Å². The van der Waals surface area contributed by atoms with E-state index in [4.69, 9.17) is 21.9 Å². The van der Waals surface area contributed by atoms with Crippen LogP contribution in [0.2, 0.25) is 0 Å². The maximum Gasteiger partial charge on any atom is 0.145 e. The lowest BCUT2D eigenvalue weighted by molar-refractivity contribution is 0.116. The Morgan fingerprint density at radius 3 is 2.41 bits per heavy atom. The zero-order chi connectivity index (χ0) is 19.9. The third kappa shape index (κ3) is 6.12. The van der Waals surface area contributed by atoms with Gasteiger partial charge in [-0.05, 0) is 23.1 Å². The Bertz CT molecular complexity index is 788. The lowest BCUT2D eigenvalue weighted by atomic mass is 9.78. The number of rotatable bonds is 10. The Morgan fingerprint density at radius 2 is 1.81 bits per heavy atom. The maximum absolute atomic E-state index is 11.8. The summed E-state index contributed by atoms with van der Waals surface area (Å²) in [5, 5.41) is -0.663. The van der Waals surface area contributed by atoms with Gasteiger partial charge in [-0.25, -0.2) is 8.42 Å². The topological polar surface area (TPSA) is 121 Å². The van der Waals surface area contributed by atoms with Crippen LogP contribution in [-0.2, 0) is 27.5 Å². The molecule has 147 valence electrons. The van der Waals surface area contributed by atoms with E-state index in [1.807, 2.05) is 61.5 Å². The summed E-state index contributed by atoms with van der Waals surface area (Å²) in [5.41, 5.74) is 19.4. The fraction of sp³-hybridized carbons (Fsp3) is 0.350. The van der Waals surface area contributed by atoms with E-state index in [0.29, 0.717) is 13.0 Å². The molecular formula is C20H28N3O3S. The standard InChI is InChI=1S/C20H28N3O3S/c1-20(14-21,17-9-5-8-16(10-17)19(22)23)11-18(27(24)25)13-26-12-15-6-3-2-4-7-15/h2-10,14,18-19,27H,11-13,21-23H2,1H3. The summed E-state index contributed by atoms with van der Waals surface area (Å²) in [6.45, 7) is 3.89. The molecule has 2 unspecified atom stereocenters. The highest BCUT2D eigenvalue weighted by molar-refractivity contribution is 7.73. The highest BCUT2D eigenvalue weighted by Crippen LogP contribution is 2.32. The van der Waals surface area contributed by atoms with Crippen LogP contribution in [-0.4, -0.2) is 20.3 Å². The van der Waals surface area contributed by atoms with E-state index < -0.39 is 27.5 Å². The fourth-order valence-corrected chi connectivity index (χ4v) is 3.71. The molecule has 0 fully saturated rings. The molecule has 6 nitrogen and oxygen atoms in total. The van der Waals surface area contributed by atoms with Gasteiger partial charge in [-0.1, -0.05) is 61.5 Å². The van der Waals surface area contributed by atoms with Crippen molar-refractivity contribution in [3.8, 4) is 0 Å². The molecule has 0 aliphatic rings. The highest BCUT2D eigenvalue weighted by Gasteiger charge is 2.31. The van der Waals surface area contributed by atoms with Gasteiger partial charge in [0.05, 0.1) is 24.6 Å². The number of benzene rings is 2. The van der Waals surface area contributed by atoms with Gasteiger partial charge in [-0.3, -0.25) is 0 Å². The first-order chi connectivity index (χ1) is 12.9. The molecule has 2 atom stereocenters. The minimum Gasteiger partial charge on any atom is -0.375 e. The predicted octanol–water partition coefficient (Wildman–Crippen LogP) is 1.57. The monoisotopic (exact) mass is 390 g/mol. The van der Waals surface area contributed by atoms with Gasteiger partial charge in [-0.15, -0.1) is 0 Å². The molecule has 6 N–H and O–H groups in total. The first-order valence-corrected chi connectivity index (χ1v) is 10.0. The third-order valence-electron chi connectivity index (χ3n) is 4.68. The van der Waals surface area contributed by atoms with Gasteiger partial charge in [0.1, 0.15) is 10.7 Å². The number of ether oxygens (including phenoxy) is 1. The highest BCUT2D eigenvalue weighted by atomic mass is 32.2. The van der Waals surface area contributed by atoms with Gasteiger partial charge in [0.2, 0.25) is 0 Å². The summed E-state index contributed by atoms with van der Waals surface area (Å²) in [5.74, 6) is 0. The molecule has 0 saturated heterocycles. The molecule has 1 radical (unpaired) electrons. The lowest BCUT2D eigenvalue weighted by Gasteiger charge is -2.31. The molecule has 27 heavy (non-hydrogen) atoms. The minimum absolute atomic E-state index is 0.104. The van der Waals surface area contributed by atoms with Crippen molar-refractivity contribution in [1.82, 2.24) is 0 Å². The van der Waals surface area contributed by atoms with E-state index in [9.17, 15) is 8.42 Å².